The first-order valence-corrected chi connectivity index (χ1v) is 12.6. The number of nitrogens with zero attached hydrogens (tertiary/aromatic N) is 5. The van der Waals surface area contributed by atoms with E-state index in [9.17, 15) is 8.42 Å². The SMILES string of the molecule is O=S1(=O)CCc2nc(N3CCN(Sc4ccc5scnc5c4)CC3)ncc2C1. The highest BCUT2D eigenvalue weighted by atomic mass is 32.2. The number of hydrogen-bond donors (Lipinski definition) is 0. The van der Waals surface area contributed by atoms with Gasteiger partial charge in [0, 0.05) is 49.3 Å². The van der Waals surface area contributed by atoms with Crippen molar-refractivity contribution in [1.29, 1.82) is 0 Å². The first kappa shape index (κ1) is 18.3. The van der Waals surface area contributed by atoms with Crippen LogP contribution in [0.3, 0.4) is 0 Å². The van der Waals surface area contributed by atoms with E-state index in [4.69, 9.17) is 0 Å². The molecule has 5 rings (SSSR count). The second-order valence-corrected chi connectivity index (χ2v) is 11.2. The van der Waals surface area contributed by atoms with Gasteiger partial charge in [0.05, 0.1) is 32.9 Å². The monoisotopic (exact) mass is 433 g/mol. The van der Waals surface area contributed by atoms with Crippen LogP contribution in [0.15, 0.2) is 34.8 Å². The second-order valence-electron chi connectivity index (χ2n) is 6.97. The van der Waals surface area contributed by atoms with Crippen LogP contribution in [0.5, 0.6) is 0 Å². The maximum Gasteiger partial charge on any atom is 0.225 e. The number of anilines is 1. The molecule has 0 amide bonds. The average Bonchev–Trinajstić information content (AvgIpc) is 3.15. The van der Waals surface area contributed by atoms with Crippen LogP contribution in [-0.4, -0.2) is 59.6 Å². The Bertz CT molecular complexity index is 1120. The Balaban J connectivity index is 1.23. The van der Waals surface area contributed by atoms with Gasteiger partial charge in [-0.25, -0.2) is 27.7 Å². The Kier molecular flexibility index (Phi) is 4.74. The maximum atomic E-state index is 11.8. The van der Waals surface area contributed by atoms with E-state index in [1.54, 1.807) is 29.5 Å². The highest BCUT2D eigenvalue weighted by molar-refractivity contribution is 7.97. The number of thiazole rings is 1. The molecule has 1 saturated heterocycles. The van der Waals surface area contributed by atoms with E-state index in [-0.39, 0.29) is 11.5 Å². The summed E-state index contributed by atoms with van der Waals surface area (Å²) in [6.07, 6.45) is 2.18. The fourth-order valence-electron chi connectivity index (χ4n) is 3.51. The fourth-order valence-corrected chi connectivity index (χ4v) is 6.46. The van der Waals surface area contributed by atoms with Crippen molar-refractivity contribution in [3.05, 3.63) is 41.2 Å². The minimum atomic E-state index is -2.99. The Morgan fingerprint density at radius 2 is 1.96 bits per heavy atom. The van der Waals surface area contributed by atoms with Crippen LogP contribution in [-0.2, 0) is 22.0 Å². The van der Waals surface area contributed by atoms with Gasteiger partial charge in [-0.3, -0.25) is 0 Å². The summed E-state index contributed by atoms with van der Waals surface area (Å²) in [5.41, 5.74) is 4.57. The summed E-state index contributed by atoms with van der Waals surface area (Å²) in [5, 5.41) is 0. The van der Waals surface area contributed by atoms with Crippen molar-refractivity contribution < 1.29 is 8.42 Å². The van der Waals surface area contributed by atoms with E-state index >= 15 is 0 Å². The normalized spacial score (nSPS) is 19.6. The molecule has 3 aromatic rings. The number of rotatable bonds is 3. The van der Waals surface area contributed by atoms with Crippen LogP contribution in [0.4, 0.5) is 5.95 Å². The van der Waals surface area contributed by atoms with Gasteiger partial charge in [-0.05, 0) is 30.1 Å². The zero-order valence-corrected chi connectivity index (χ0v) is 17.6. The molecule has 0 unspecified atom stereocenters. The molecular weight excluding hydrogens is 414 g/mol. The van der Waals surface area contributed by atoms with Crippen LogP contribution in [0, 0.1) is 0 Å². The zero-order valence-electron chi connectivity index (χ0n) is 15.1. The number of piperazine rings is 1. The molecule has 28 heavy (non-hydrogen) atoms. The predicted octanol–water partition coefficient (Wildman–Crippen LogP) is 2.39. The van der Waals surface area contributed by atoms with Crippen LogP contribution >= 0.6 is 23.3 Å². The van der Waals surface area contributed by atoms with Crippen LogP contribution in [0.1, 0.15) is 11.3 Å². The molecule has 10 heteroatoms. The predicted molar refractivity (Wildman–Crippen MR) is 112 cm³/mol. The van der Waals surface area contributed by atoms with Gasteiger partial charge in [0.25, 0.3) is 0 Å². The van der Waals surface area contributed by atoms with Crippen LogP contribution < -0.4 is 4.90 Å². The summed E-state index contributed by atoms with van der Waals surface area (Å²) >= 11 is 3.43. The van der Waals surface area contributed by atoms with Crippen molar-refractivity contribution >= 4 is 49.3 Å². The summed E-state index contributed by atoms with van der Waals surface area (Å²) in [6.45, 7) is 3.52. The van der Waals surface area contributed by atoms with Gasteiger partial charge >= 0.3 is 0 Å². The molecular formula is C18H19N5O2S3. The lowest BCUT2D eigenvalue weighted by atomic mass is 10.2. The van der Waals surface area contributed by atoms with Crippen LogP contribution in [0.25, 0.3) is 10.2 Å². The van der Waals surface area contributed by atoms with E-state index in [0.29, 0.717) is 12.4 Å². The molecule has 2 aromatic heterocycles. The Hall–Kier alpha value is -1.75. The zero-order chi connectivity index (χ0) is 19.1. The largest absolute Gasteiger partial charge is 0.338 e. The van der Waals surface area contributed by atoms with Gasteiger partial charge in [0.1, 0.15) is 0 Å². The molecule has 0 saturated carbocycles. The maximum absolute atomic E-state index is 11.8. The number of sulfone groups is 1. The van der Waals surface area contributed by atoms with Crippen molar-refractivity contribution in [3.8, 4) is 0 Å². The molecule has 0 aliphatic carbocycles. The number of fused-ring (bicyclic) bond motifs is 2. The summed E-state index contributed by atoms with van der Waals surface area (Å²) in [5.74, 6) is 0.965. The molecule has 1 fully saturated rings. The number of benzene rings is 1. The lowest BCUT2D eigenvalue weighted by Crippen LogP contribution is -2.44. The van der Waals surface area contributed by atoms with Crippen molar-refractivity contribution in [2.24, 2.45) is 0 Å². The Morgan fingerprint density at radius 3 is 2.82 bits per heavy atom. The Morgan fingerprint density at radius 1 is 1.11 bits per heavy atom. The molecule has 0 bridgehead atoms. The van der Waals surface area contributed by atoms with Gasteiger partial charge in [0.2, 0.25) is 5.95 Å². The van der Waals surface area contributed by atoms with Crippen molar-refractivity contribution in [2.75, 3.05) is 36.8 Å². The van der Waals surface area contributed by atoms with E-state index < -0.39 is 9.84 Å². The molecule has 0 radical (unpaired) electrons. The van der Waals surface area contributed by atoms with Crippen molar-refractivity contribution in [2.45, 2.75) is 17.1 Å². The standard InChI is InChI=1S/C18H19N5O2S3/c24-28(25)8-3-15-13(11-28)10-19-18(21-15)22-4-6-23(7-5-22)27-14-1-2-17-16(9-14)20-12-26-17/h1-2,9-10,12H,3-8,11H2. The number of aryl methyl sites for hydroxylation is 1. The van der Waals surface area contributed by atoms with E-state index in [2.05, 4.69) is 42.4 Å². The molecule has 4 heterocycles. The van der Waals surface area contributed by atoms with Gasteiger partial charge < -0.3 is 4.90 Å². The summed E-state index contributed by atoms with van der Waals surface area (Å²) in [4.78, 5) is 16.9. The smallest absolute Gasteiger partial charge is 0.225 e. The first-order valence-electron chi connectivity index (χ1n) is 9.12. The lowest BCUT2D eigenvalue weighted by Gasteiger charge is -2.34. The van der Waals surface area contributed by atoms with Gasteiger partial charge in [-0.15, -0.1) is 11.3 Å². The third kappa shape index (κ3) is 3.73. The molecule has 146 valence electrons. The minimum absolute atomic E-state index is 0.0658. The van der Waals surface area contributed by atoms with E-state index in [1.165, 1.54) is 9.60 Å². The van der Waals surface area contributed by atoms with Gasteiger partial charge in [0.15, 0.2) is 9.84 Å². The highest BCUT2D eigenvalue weighted by Crippen LogP contribution is 2.29. The van der Waals surface area contributed by atoms with E-state index in [1.807, 2.05) is 5.51 Å². The second kappa shape index (κ2) is 7.25. The fraction of sp³-hybridized carbons (Fsp3) is 0.389. The quantitative estimate of drug-likeness (QED) is 0.583. The molecule has 7 nitrogen and oxygen atoms in total. The van der Waals surface area contributed by atoms with Gasteiger partial charge in [-0.2, -0.15) is 0 Å². The number of hydrogen-bond acceptors (Lipinski definition) is 9. The number of aromatic nitrogens is 3. The first-order chi connectivity index (χ1) is 13.6. The summed E-state index contributed by atoms with van der Waals surface area (Å²) in [7, 11) is -2.99. The highest BCUT2D eigenvalue weighted by Gasteiger charge is 2.25. The average molecular weight is 434 g/mol. The molecule has 2 aliphatic heterocycles. The third-order valence-electron chi connectivity index (χ3n) is 5.02. The van der Waals surface area contributed by atoms with Gasteiger partial charge in [-0.1, -0.05) is 0 Å². The van der Waals surface area contributed by atoms with Crippen LogP contribution in [0.2, 0.25) is 0 Å². The third-order valence-corrected chi connectivity index (χ3v) is 8.50. The molecule has 0 spiro atoms. The Labute approximate surface area is 171 Å². The molecule has 2 aliphatic rings. The van der Waals surface area contributed by atoms with Crippen molar-refractivity contribution in [3.63, 3.8) is 0 Å². The van der Waals surface area contributed by atoms with E-state index in [0.717, 1.165) is 43.0 Å². The summed E-state index contributed by atoms with van der Waals surface area (Å²) < 4.78 is 27.1. The molecule has 0 N–H and O–H groups in total. The molecule has 1 aromatic carbocycles. The lowest BCUT2D eigenvalue weighted by molar-refractivity contribution is 0.426. The van der Waals surface area contributed by atoms with Crippen molar-refractivity contribution in [1.82, 2.24) is 19.3 Å². The minimum Gasteiger partial charge on any atom is -0.338 e. The summed E-state index contributed by atoms with van der Waals surface area (Å²) in [6, 6.07) is 6.43. The topological polar surface area (TPSA) is 79.3 Å². The molecule has 0 atom stereocenters.